The van der Waals surface area contributed by atoms with Crippen LogP contribution in [0.15, 0.2) is 59.0 Å². The van der Waals surface area contributed by atoms with Crippen LogP contribution in [0.5, 0.6) is 5.75 Å². The quantitative estimate of drug-likeness (QED) is 0.333. The molecule has 0 saturated heterocycles. The van der Waals surface area contributed by atoms with E-state index in [1.54, 1.807) is 30.3 Å². The average Bonchev–Trinajstić information content (AvgIpc) is 3.18. The van der Waals surface area contributed by atoms with E-state index >= 15 is 0 Å². The molecule has 3 aromatic carbocycles. The molecule has 0 aliphatic rings. The maximum Gasteiger partial charge on any atom is 0.261 e. The van der Waals surface area contributed by atoms with Crippen LogP contribution in [-0.4, -0.2) is 23.1 Å². The van der Waals surface area contributed by atoms with Crippen molar-refractivity contribution in [2.75, 3.05) is 12.4 Å². The first-order valence-corrected chi connectivity index (χ1v) is 10.6. The predicted octanol–water partition coefficient (Wildman–Crippen LogP) is 6.25. The third-order valence-electron chi connectivity index (χ3n) is 4.64. The van der Waals surface area contributed by atoms with Crippen LogP contribution in [0.1, 0.15) is 15.9 Å². The van der Waals surface area contributed by atoms with E-state index in [1.165, 1.54) is 13.2 Å². The van der Waals surface area contributed by atoms with Crippen LogP contribution < -0.4 is 15.4 Å². The monoisotopic (exact) mass is 485 g/mol. The largest absolute Gasteiger partial charge is 0.496 e. The molecule has 2 N–H and O–H groups in total. The zero-order valence-electron chi connectivity index (χ0n) is 17.0. The van der Waals surface area contributed by atoms with Gasteiger partial charge in [0.05, 0.1) is 23.4 Å². The van der Waals surface area contributed by atoms with Crippen molar-refractivity contribution in [2.45, 2.75) is 6.92 Å². The van der Waals surface area contributed by atoms with E-state index in [4.69, 9.17) is 44.6 Å². The number of oxazole rings is 1. The van der Waals surface area contributed by atoms with Gasteiger partial charge in [-0.1, -0.05) is 29.3 Å². The van der Waals surface area contributed by atoms with Gasteiger partial charge < -0.3 is 14.5 Å². The molecule has 6 nitrogen and oxygen atoms in total. The first-order chi connectivity index (χ1) is 15.3. The van der Waals surface area contributed by atoms with Crippen LogP contribution in [0.2, 0.25) is 10.0 Å². The summed E-state index contributed by atoms with van der Waals surface area (Å²) in [5.41, 5.74) is 4.00. The van der Waals surface area contributed by atoms with Crippen LogP contribution in [0.3, 0.4) is 0 Å². The fourth-order valence-corrected chi connectivity index (χ4v) is 3.64. The number of anilines is 1. The minimum atomic E-state index is -0.469. The Morgan fingerprint density at radius 2 is 1.91 bits per heavy atom. The van der Waals surface area contributed by atoms with Crippen molar-refractivity contribution < 1.29 is 13.9 Å². The molecule has 162 valence electrons. The van der Waals surface area contributed by atoms with Crippen molar-refractivity contribution in [3.05, 3.63) is 75.8 Å². The van der Waals surface area contributed by atoms with Gasteiger partial charge >= 0.3 is 0 Å². The Labute approximate surface area is 199 Å². The topological polar surface area (TPSA) is 76.4 Å². The third kappa shape index (κ3) is 4.70. The number of aryl methyl sites for hydroxylation is 1. The second kappa shape index (κ2) is 9.16. The lowest BCUT2D eigenvalue weighted by molar-refractivity contribution is 0.0975. The first-order valence-electron chi connectivity index (χ1n) is 9.47. The Kier molecular flexibility index (Phi) is 6.32. The SMILES string of the molecule is COc1ccc(Cl)cc1C(=O)NC(=S)Nc1cc(-c2nc3cc(C)ccc3o2)ccc1Cl. The zero-order chi connectivity index (χ0) is 22.8. The number of thiocarbonyl (C=S) groups is 1. The van der Waals surface area contributed by atoms with Crippen molar-refractivity contribution in [1.82, 2.24) is 10.3 Å². The molecule has 4 aromatic rings. The number of fused-ring (bicyclic) bond motifs is 1. The fraction of sp³-hybridized carbons (Fsp3) is 0.0870. The van der Waals surface area contributed by atoms with Gasteiger partial charge in [0.25, 0.3) is 5.91 Å². The Hall–Kier alpha value is -3.13. The Morgan fingerprint density at radius 3 is 2.69 bits per heavy atom. The molecule has 0 atom stereocenters. The number of halogens is 2. The van der Waals surface area contributed by atoms with Crippen LogP contribution in [-0.2, 0) is 0 Å². The molecule has 32 heavy (non-hydrogen) atoms. The molecule has 9 heteroatoms. The number of ether oxygens (including phenoxy) is 1. The van der Waals surface area contributed by atoms with E-state index < -0.39 is 5.91 Å². The second-order valence-corrected chi connectivity index (χ2v) is 8.19. The van der Waals surface area contributed by atoms with Crippen LogP contribution in [0.25, 0.3) is 22.6 Å². The Balaban J connectivity index is 1.54. The van der Waals surface area contributed by atoms with Gasteiger partial charge in [0.15, 0.2) is 10.7 Å². The van der Waals surface area contributed by atoms with E-state index in [-0.39, 0.29) is 10.7 Å². The molecular weight excluding hydrogens is 469 g/mol. The summed E-state index contributed by atoms with van der Waals surface area (Å²) in [6.45, 7) is 1.99. The summed E-state index contributed by atoms with van der Waals surface area (Å²) in [7, 11) is 1.47. The van der Waals surface area contributed by atoms with Gasteiger partial charge in [-0.05, 0) is 73.2 Å². The Morgan fingerprint density at radius 1 is 1.09 bits per heavy atom. The number of nitrogens with zero attached hydrogens (tertiary/aromatic N) is 1. The standard InChI is InChI=1S/C23H17Cl2N3O3S/c1-12-3-7-20-18(9-12)26-22(31-20)13-4-6-16(25)17(10-13)27-23(32)28-21(29)15-11-14(24)5-8-19(15)30-2/h3-11H,1-2H3,(H2,27,28,29,32). The summed E-state index contributed by atoms with van der Waals surface area (Å²) in [6.07, 6.45) is 0. The minimum Gasteiger partial charge on any atom is -0.496 e. The summed E-state index contributed by atoms with van der Waals surface area (Å²) < 4.78 is 11.1. The number of methoxy groups -OCH3 is 1. The number of amides is 1. The lowest BCUT2D eigenvalue weighted by Crippen LogP contribution is -2.34. The molecule has 1 heterocycles. The first kappa shape index (κ1) is 22.1. The molecule has 0 saturated carbocycles. The molecule has 0 bridgehead atoms. The number of hydrogen-bond donors (Lipinski definition) is 2. The van der Waals surface area contributed by atoms with E-state index in [1.807, 2.05) is 25.1 Å². The molecule has 0 aliphatic heterocycles. The highest BCUT2D eigenvalue weighted by atomic mass is 35.5. The minimum absolute atomic E-state index is 0.0595. The lowest BCUT2D eigenvalue weighted by Gasteiger charge is -2.13. The zero-order valence-corrected chi connectivity index (χ0v) is 19.4. The summed E-state index contributed by atoms with van der Waals surface area (Å²) >= 11 is 17.6. The molecule has 0 aliphatic carbocycles. The molecule has 1 aromatic heterocycles. The van der Waals surface area contributed by atoms with Gasteiger partial charge in [-0.2, -0.15) is 0 Å². The fourth-order valence-electron chi connectivity index (χ4n) is 3.10. The third-order valence-corrected chi connectivity index (χ3v) is 5.41. The van der Waals surface area contributed by atoms with Gasteiger partial charge in [0.2, 0.25) is 5.89 Å². The normalized spacial score (nSPS) is 10.8. The van der Waals surface area contributed by atoms with Gasteiger partial charge in [-0.3, -0.25) is 10.1 Å². The van der Waals surface area contributed by atoms with Gasteiger partial charge in [0.1, 0.15) is 11.3 Å². The van der Waals surface area contributed by atoms with E-state index in [9.17, 15) is 4.79 Å². The Bertz CT molecular complexity index is 1350. The molecule has 4 rings (SSSR count). The number of rotatable bonds is 4. The summed E-state index contributed by atoms with van der Waals surface area (Å²) in [4.78, 5) is 17.2. The van der Waals surface area contributed by atoms with Crippen molar-refractivity contribution in [3.8, 4) is 17.2 Å². The number of aromatic nitrogens is 1. The van der Waals surface area contributed by atoms with Gasteiger partial charge in [-0.15, -0.1) is 0 Å². The highest BCUT2D eigenvalue weighted by Crippen LogP contribution is 2.31. The molecular formula is C23H17Cl2N3O3S. The number of carbonyl (C=O) groups is 1. The number of hydrogen-bond acceptors (Lipinski definition) is 5. The van der Waals surface area contributed by atoms with Gasteiger partial charge in [-0.25, -0.2) is 4.98 Å². The van der Waals surface area contributed by atoms with Crippen LogP contribution in [0, 0.1) is 6.92 Å². The summed E-state index contributed by atoms with van der Waals surface area (Å²) in [5.74, 6) is 0.355. The molecule has 0 fully saturated rings. The van der Waals surface area contributed by atoms with Crippen LogP contribution in [0.4, 0.5) is 5.69 Å². The smallest absolute Gasteiger partial charge is 0.261 e. The molecule has 1 amide bonds. The number of nitrogens with one attached hydrogen (secondary N) is 2. The maximum absolute atomic E-state index is 12.6. The molecule has 0 unspecified atom stereocenters. The summed E-state index contributed by atoms with van der Waals surface area (Å²) in [6, 6.07) is 15.8. The van der Waals surface area contributed by atoms with E-state index in [0.29, 0.717) is 38.5 Å². The predicted molar refractivity (Wildman–Crippen MR) is 131 cm³/mol. The van der Waals surface area contributed by atoms with Crippen LogP contribution >= 0.6 is 35.4 Å². The lowest BCUT2D eigenvalue weighted by atomic mass is 10.2. The molecule has 0 radical (unpaired) electrons. The average molecular weight is 486 g/mol. The summed E-state index contributed by atoms with van der Waals surface area (Å²) in [5, 5.41) is 6.42. The second-order valence-electron chi connectivity index (χ2n) is 6.94. The van der Waals surface area contributed by atoms with Crippen molar-refractivity contribution in [1.29, 1.82) is 0 Å². The highest BCUT2D eigenvalue weighted by molar-refractivity contribution is 7.80. The van der Waals surface area contributed by atoms with E-state index in [2.05, 4.69) is 15.6 Å². The highest BCUT2D eigenvalue weighted by Gasteiger charge is 2.16. The van der Waals surface area contributed by atoms with E-state index in [0.717, 1.165) is 11.1 Å². The number of benzene rings is 3. The van der Waals surface area contributed by atoms with Gasteiger partial charge in [0, 0.05) is 10.6 Å². The van der Waals surface area contributed by atoms with Crippen molar-refractivity contribution in [2.24, 2.45) is 0 Å². The molecule has 0 spiro atoms. The maximum atomic E-state index is 12.6. The van der Waals surface area contributed by atoms with Crippen molar-refractivity contribution >= 4 is 63.2 Å². The van der Waals surface area contributed by atoms with Crippen molar-refractivity contribution in [3.63, 3.8) is 0 Å². The number of carbonyl (C=O) groups excluding carboxylic acids is 1.